The van der Waals surface area contributed by atoms with Crippen LogP contribution in [0.4, 0.5) is 5.13 Å². The number of thiazole rings is 1. The van der Waals surface area contributed by atoms with Gasteiger partial charge in [0, 0.05) is 16.0 Å². The van der Waals surface area contributed by atoms with Gasteiger partial charge in [0.15, 0.2) is 10.8 Å². The Morgan fingerprint density at radius 2 is 2.19 bits per heavy atom. The van der Waals surface area contributed by atoms with Gasteiger partial charge in [-0.1, -0.05) is 5.16 Å². The van der Waals surface area contributed by atoms with Gasteiger partial charge in [0.05, 0.1) is 33.7 Å². The highest BCUT2D eigenvalue weighted by molar-refractivity contribution is 8.03. The Kier molecular flexibility index (Phi) is 6.91. The molecule has 13 heteroatoms. The Morgan fingerprint density at radius 1 is 1.47 bits per heavy atom. The zero-order valence-electron chi connectivity index (χ0n) is 18.1. The summed E-state index contributed by atoms with van der Waals surface area (Å²) in [6, 6.07) is -1.36. The van der Waals surface area contributed by atoms with Crippen LogP contribution >= 0.6 is 23.1 Å². The Labute approximate surface area is 193 Å². The first-order valence-corrected chi connectivity index (χ1v) is 11.4. The number of rotatable bonds is 8. The van der Waals surface area contributed by atoms with Crippen LogP contribution in [0, 0.1) is 0 Å². The molecule has 2 amide bonds. The van der Waals surface area contributed by atoms with Crippen molar-refractivity contribution in [1.82, 2.24) is 15.2 Å². The number of nitrogen functional groups attached to an aromatic ring is 1. The minimum absolute atomic E-state index is 0.0718. The number of oxime groups is 1. The lowest BCUT2D eigenvalue weighted by atomic mass is 9.94. The molecule has 0 radical (unpaired) electrons. The standard InChI is InChI=1S/C19H24N6O5S2/c1-25(2,3)7-5-6-12-15(18(28)29)24-11(9-31-12)14(17(24)27)22-16(26)13(23-30-4)10-8-32-19(20)21-10/h5-6,8,11,14H,7,9H2,1-4H3,(H3-,20,21,22,26,28,29)/p+1/t11-,14+/m1/s1. The fourth-order valence-corrected chi connectivity index (χ4v) is 4.98. The molecule has 3 heterocycles. The lowest BCUT2D eigenvalue weighted by molar-refractivity contribution is -0.864. The highest BCUT2D eigenvalue weighted by Crippen LogP contribution is 2.39. The van der Waals surface area contributed by atoms with Crippen molar-refractivity contribution in [2.75, 3.05) is 46.3 Å². The van der Waals surface area contributed by atoms with Crippen molar-refractivity contribution < 1.29 is 28.8 Å². The number of thioether (sulfide) groups is 1. The molecule has 4 N–H and O–H groups in total. The normalized spacial score (nSPS) is 21.4. The molecule has 1 aromatic rings. The Morgan fingerprint density at radius 3 is 2.75 bits per heavy atom. The molecule has 3 rings (SSSR count). The van der Waals surface area contributed by atoms with Crippen LogP contribution < -0.4 is 11.1 Å². The summed E-state index contributed by atoms with van der Waals surface area (Å²) in [5, 5.41) is 17.9. The van der Waals surface area contributed by atoms with Crippen LogP contribution in [-0.4, -0.2) is 95.6 Å². The van der Waals surface area contributed by atoms with Gasteiger partial charge in [-0.25, -0.2) is 9.78 Å². The third-order valence-electron chi connectivity index (χ3n) is 4.68. The van der Waals surface area contributed by atoms with Gasteiger partial charge in [-0.3, -0.25) is 14.5 Å². The molecule has 0 aliphatic carbocycles. The lowest BCUT2D eigenvalue weighted by Crippen LogP contribution is -2.73. The minimum atomic E-state index is -1.19. The summed E-state index contributed by atoms with van der Waals surface area (Å²) in [7, 11) is 7.35. The van der Waals surface area contributed by atoms with Gasteiger partial charge in [0.1, 0.15) is 24.5 Å². The molecular formula is C19H25N6O5S2+. The Hall–Kier alpha value is -2.90. The van der Waals surface area contributed by atoms with Crippen molar-refractivity contribution in [3.8, 4) is 0 Å². The summed E-state index contributed by atoms with van der Waals surface area (Å²) >= 11 is 2.48. The monoisotopic (exact) mass is 481 g/mol. The number of nitrogens with zero attached hydrogens (tertiary/aromatic N) is 4. The molecular weight excluding hydrogens is 456 g/mol. The van der Waals surface area contributed by atoms with Crippen LogP contribution in [-0.2, 0) is 19.2 Å². The number of β-lactam (4-membered cyclic amide) rings is 1. The number of quaternary nitrogens is 1. The Balaban J connectivity index is 1.78. The molecule has 0 saturated carbocycles. The number of allylic oxidation sites excluding steroid dienone is 1. The Bertz CT molecular complexity index is 1030. The summed E-state index contributed by atoms with van der Waals surface area (Å²) in [4.78, 5) is 48.0. The van der Waals surface area contributed by atoms with E-state index < -0.39 is 29.9 Å². The van der Waals surface area contributed by atoms with Crippen LogP contribution in [0.25, 0.3) is 0 Å². The third kappa shape index (κ3) is 4.95. The maximum Gasteiger partial charge on any atom is 0.353 e. The number of aromatic nitrogens is 1. The van der Waals surface area contributed by atoms with Crippen LogP contribution in [0.15, 0.2) is 33.3 Å². The molecule has 2 aliphatic heterocycles. The predicted octanol–water partition coefficient (Wildman–Crippen LogP) is 0.0768. The molecule has 0 spiro atoms. The molecule has 2 aliphatic rings. The topological polar surface area (TPSA) is 147 Å². The van der Waals surface area contributed by atoms with Gasteiger partial charge < -0.3 is 25.5 Å². The molecule has 0 aromatic carbocycles. The fourth-order valence-electron chi connectivity index (χ4n) is 3.22. The molecule has 172 valence electrons. The average molecular weight is 482 g/mol. The highest BCUT2D eigenvalue weighted by atomic mass is 32.2. The van der Waals surface area contributed by atoms with Crippen molar-refractivity contribution in [2.45, 2.75) is 12.1 Å². The van der Waals surface area contributed by atoms with Gasteiger partial charge in [0.25, 0.3) is 11.8 Å². The van der Waals surface area contributed by atoms with E-state index in [4.69, 9.17) is 10.6 Å². The molecule has 11 nitrogen and oxygen atoms in total. The number of carboxylic acid groups (broad SMARTS) is 1. The largest absolute Gasteiger partial charge is 0.477 e. The predicted molar refractivity (Wildman–Crippen MR) is 122 cm³/mol. The first kappa shape index (κ1) is 23.8. The molecule has 1 saturated heterocycles. The first-order valence-electron chi connectivity index (χ1n) is 9.57. The molecule has 0 unspecified atom stereocenters. The van der Waals surface area contributed by atoms with Gasteiger partial charge in [-0.05, 0) is 12.2 Å². The van der Waals surface area contributed by atoms with Crippen molar-refractivity contribution in [3.63, 3.8) is 0 Å². The van der Waals surface area contributed by atoms with Gasteiger partial charge >= 0.3 is 5.97 Å². The number of nitrogens with one attached hydrogen (secondary N) is 1. The van der Waals surface area contributed by atoms with Crippen LogP contribution in [0.2, 0.25) is 0 Å². The summed E-state index contributed by atoms with van der Waals surface area (Å²) in [5.74, 6) is -1.90. The van der Waals surface area contributed by atoms with E-state index in [2.05, 4.69) is 15.5 Å². The smallest absolute Gasteiger partial charge is 0.353 e. The van der Waals surface area contributed by atoms with Crippen LogP contribution in [0.3, 0.4) is 0 Å². The number of likely N-dealkylation sites (N-methyl/N-ethyl adjacent to an activating group) is 1. The molecule has 0 bridgehead atoms. The molecule has 1 aromatic heterocycles. The summed E-state index contributed by atoms with van der Waals surface area (Å²) < 4.78 is 0.687. The maximum atomic E-state index is 12.8. The maximum absolute atomic E-state index is 12.8. The van der Waals surface area contributed by atoms with E-state index in [-0.39, 0.29) is 22.2 Å². The number of carbonyl (C=O) groups is 3. The van der Waals surface area contributed by atoms with E-state index >= 15 is 0 Å². The SMILES string of the molecule is CON=C(C(=O)N[C@@H]1C(=O)N2C(C(=O)O)=C(C=CC[N+](C)(C)C)SC[C@H]12)c1csc(N)n1. The summed E-state index contributed by atoms with van der Waals surface area (Å²) in [6.07, 6.45) is 3.63. The number of amides is 2. The van der Waals surface area contributed by atoms with E-state index in [0.29, 0.717) is 21.7 Å². The number of nitrogens with two attached hydrogens (primary N) is 1. The van der Waals surface area contributed by atoms with Crippen molar-refractivity contribution in [1.29, 1.82) is 0 Å². The number of carboxylic acids is 1. The summed E-state index contributed by atoms with van der Waals surface area (Å²) in [5.41, 5.74) is 5.66. The van der Waals surface area contributed by atoms with E-state index in [0.717, 1.165) is 11.3 Å². The van der Waals surface area contributed by atoms with Gasteiger partial charge in [0.2, 0.25) is 0 Å². The molecule has 1 fully saturated rings. The zero-order valence-corrected chi connectivity index (χ0v) is 19.7. The summed E-state index contributed by atoms with van der Waals surface area (Å²) in [6.45, 7) is 0.704. The number of carbonyl (C=O) groups excluding carboxylic acids is 2. The third-order valence-corrected chi connectivity index (χ3v) is 6.50. The first-order chi connectivity index (χ1) is 15.0. The number of hydrogen-bond acceptors (Lipinski definition) is 9. The second-order valence-corrected chi connectivity index (χ2v) is 10.1. The van der Waals surface area contributed by atoms with E-state index in [9.17, 15) is 19.5 Å². The van der Waals surface area contributed by atoms with Crippen LogP contribution in [0.5, 0.6) is 0 Å². The quantitative estimate of drug-likeness (QED) is 0.205. The number of hydrogen-bond donors (Lipinski definition) is 3. The number of aliphatic carboxylic acids is 1. The zero-order chi connectivity index (χ0) is 23.6. The van der Waals surface area contributed by atoms with Crippen LogP contribution in [0.1, 0.15) is 5.69 Å². The van der Waals surface area contributed by atoms with Crippen molar-refractivity contribution in [3.05, 3.63) is 33.8 Å². The second kappa shape index (κ2) is 9.30. The van der Waals surface area contributed by atoms with E-state index in [1.54, 1.807) is 11.5 Å². The van der Waals surface area contributed by atoms with E-state index in [1.165, 1.54) is 23.8 Å². The van der Waals surface area contributed by atoms with E-state index in [1.807, 2.05) is 27.2 Å². The second-order valence-electron chi connectivity index (χ2n) is 8.12. The van der Waals surface area contributed by atoms with Gasteiger partial charge in [-0.15, -0.1) is 23.1 Å². The fraction of sp³-hybridized carbons (Fsp3) is 0.421. The molecule has 32 heavy (non-hydrogen) atoms. The number of anilines is 1. The van der Waals surface area contributed by atoms with Crippen molar-refractivity contribution in [2.24, 2.45) is 5.16 Å². The average Bonchev–Trinajstić information content (AvgIpc) is 3.14. The lowest BCUT2D eigenvalue weighted by Gasteiger charge is -2.49. The molecule has 2 atom stereocenters. The van der Waals surface area contributed by atoms with Crippen molar-refractivity contribution >= 4 is 51.7 Å². The number of fused-ring (bicyclic) bond motifs is 1. The van der Waals surface area contributed by atoms with Gasteiger partial charge in [-0.2, -0.15) is 0 Å². The minimum Gasteiger partial charge on any atom is -0.477 e. The highest BCUT2D eigenvalue weighted by Gasteiger charge is 2.54.